The number of aromatic nitrogens is 2. The molecule has 1 atom stereocenters. The zero-order valence-electron chi connectivity index (χ0n) is 35.7. The number of rotatable bonds is 11. The minimum atomic E-state index is -0.529. The molecule has 6 aromatic rings. The lowest BCUT2D eigenvalue weighted by molar-refractivity contribution is -0.134. The first kappa shape index (κ1) is 42.0. The van der Waals surface area contributed by atoms with Crippen LogP contribution in [0.25, 0.3) is 33.2 Å². The fourth-order valence-electron chi connectivity index (χ4n) is 9.08. The van der Waals surface area contributed by atoms with Gasteiger partial charge in [0.05, 0.1) is 23.7 Å². The molecule has 0 radical (unpaired) electrons. The molecular weight excluding hydrogens is 814 g/mol. The van der Waals surface area contributed by atoms with Gasteiger partial charge in [0, 0.05) is 68.9 Å². The van der Waals surface area contributed by atoms with Crippen LogP contribution in [0.5, 0.6) is 5.75 Å². The third kappa shape index (κ3) is 8.55. The zero-order chi connectivity index (χ0) is 44.5. The summed E-state index contributed by atoms with van der Waals surface area (Å²) < 4.78 is 23.3. The van der Waals surface area contributed by atoms with E-state index in [9.17, 15) is 24.0 Å². The van der Waals surface area contributed by atoms with Gasteiger partial charge in [0.1, 0.15) is 11.6 Å². The summed E-state index contributed by atoms with van der Waals surface area (Å²) in [5, 5.41) is 13.1. The Morgan fingerprint density at radius 3 is 2.36 bits per heavy atom. The van der Waals surface area contributed by atoms with Crippen LogP contribution in [-0.4, -0.2) is 72.6 Å². The van der Waals surface area contributed by atoms with Gasteiger partial charge in [0.15, 0.2) is 5.69 Å². The third-order valence-corrected chi connectivity index (χ3v) is 12.6. The molecule has 13 nitrogen and oxygen atoms in total. The molecule has 5 aromatic carbocycles. The second-order valence-corrected chi connectivity index (χ2v) is 16.7. The lowest BCUT2D eigenvalue weighted by atomic mass is 9.90. The second kappa shape index (κ2) is 17.8. The molecule has 64 heavy (non-hydrogen) atoms. The lowest BCUT2D eigenvalue weighted by Crippen LogP contribution is -2.39. The number of halogens is 1. The van der Waals surface area contributed by atoms with E-state index >= 15 is 4.39 Å². The van der Waals surface area contributed by atoms with Crippen LogP contribution in [-0.2, 0) is 21.4 Å². The normalized spacial score (nSPS) is 16.9. The number of hydrogen-bond donors (Lipinski definition) is 3. The Morgan fingerprint density at radius 1 is 0.828 bits per heavy atom. The first-order chi connectivity index (χ1) is 31.0. The van der Waals surface area contributed by atoms with Gasteiger partial charge in [-0.3, -0.25) is 34.0 Å². The number of ether oxygens (including phenoxy) is 1. The van der Waals surface area contributed by atoms with Crippen molar-refractivity contribution in [3.05, 3.63) is 126 Å². The summed E-state index contributed by atoms with van der Waals surface area (Å²) in [7, 11) is 3.34. The van der Waals surface area contributed by atoms with Crippen LogP contribution in [0.4, 0.5) is 21.5 Å². The number of amides is 5. The number of aryl methyl sites for hydroxylation is 1. The smallest absolute Gasteiger partial charge is 0.276 e. The van der Waals surface area contributed by atoms with Crippen molar-refractivity contribution in [3.8, 4) is 28.0 Å². The number of anilines is 3. The van der Waals surface area contributed by atoms with Crippen molar-refractivity contribution < 1.29 is 33.1 Å². The van der Waals surface area contributed by atoms with Crippen molar-refractivity contribution in [2.75, 3.05) is 48.4 Å². The molecule has 0 bridgehead atoms. The van der Waals surface area contributed by atoms with Gasteiger partial charge in [0.25, 0.3) is 11.8 Å². The van der Waals surface area contributed by atoms with Gasteiger partial charge >= 0.3 is 0 Å². The van der Waals surface area contributed by atoms with E-state index in [1.807, 2.05) is 70.5 Å². The summed E-state index contributed by atoms with van der Waals surface area (Å²) in [6.45, 7) is 2.51. The second-order valence-electron chi connectivity index (χ2n) is 16.7. The van der Waals surface area contributed by atoms with E-state index in [0.717, 1.165) is 58.5 Å². The molecule has 326 valence electrons. The lowest BCUT2D eigenvalue weighted by Gasteiger charge is -2.34. The number of nitrogens with zero attached hydrogens (tertiary/aromatic N) is 4. The van der Waals surface area contributed by atoms with Gasteiger partial charge < -0.3 is 25.2 Å². The molecule has 14 heteroatoms. The predicted molar refractivity (Wildman–Crippen MR) is 243 cm³/mol. The highest BCUT2D eigenvalue weighted by molar-refractivity contribution is 6.12. The molecule has 0 spiro atoms. The number of nitrogens with one attached hydrogen (secondary N) is 3. The van der Waals surface area contributed by atoms with Crippen LogP contribution in [0.1, 0.15) is 70.9 Å². The summed E-state index contributed by atoms with van der Waals surface area (Å²) in [6, 6.07) is 31.6. The molecular formula is C50H48FN7O6. The van der Waals surface area contributed by atoms with E-state index in [2.05, 4.69) is 21.0 Å². The minimum absolute atomic E-state index is 0.0920. The van der Waals surface area contributed by atoms with E-state index in [0.29, 0.717) is 67.0 Å². The van der Waals surface area contributed by atoms with Crippen molar-refractivity contribution in [1.82, 2.24) is 20.4 Å². The number of piperidine rings is 2. The Kier molecular flexibility index (Phi) is 11.7. The van der Waals surface area contributed by atoms with Crippen LogP contribution in [0.2, 0.25) is 0 Å². The maximum Gasteiger partial charge on any atom is 0.276 e. The van der Waals surface area contributed by atoms with Crippen LogP contribution < -0.4 is 30.5 Å². The maximum atomic E-state index is 15.4. The van der Waals surface area contributed by atoms with Gasteiger partial charge in [0.2, 0.25) is 17.7 Å². The van der Waals surface area contributed by atoms with Gasteiger partial charge in [-0.15, -0.1) is 0 Å². The molecule has 1 aromatic heterocycles. The Hall–Kier alpha value is -7.35. The van der Waals surface area contributed by atoms with E-state index < -0.39 is 11.8 Å². The summed E-state index contributed by atoms with van der Waals surface area (Å²) in [5.41, 5.74) is 7.43. The largest absolute Gasteiger partial charge is 0.493 e. The fraction of sp³-hybridized carbons (Fsp3) is 0.280. The monoisotopic (exact) mass is 861 g/mol. The Labute approximate surface area is 369 Å². The molecule has 3 N–H and O–H groups in total. The molecule has 9 rings (SSSR count). The van der Waals surface area contributed by atoms with Gasteiger partial charge in [-0.1, -0.05) is 36.4 Å². The quantitative estimate of drug-likeness (QED) is 0.113. The van der Waals surface area contributed by atoms with Crippen molar-refractivity contribution in [1.29, 1.82) is 0 Å². The molecule has 3 aliphatic heterocycles. The number of carbonyl (C=O) groups excluding carboxylic acids is 5. The number of fused-ring (bicyclic) bond motifs is 1. The highest BCUT2D eigenvalue weighted by Gasteiger charge is 2.30. The number of imide groups is 1. The highest BCUT2D eigenvalue weighted by Crippen LogP contribution is 2.39. The number of carbonyl (C=O) groups is 5. The molecule has 0 aliphatic carbocycles. The first-order valence-electron chi connectivity index (χ1n) is 21.7. The molecule has 5 amide bonds. The Balaban J connectivity index is 0.907. The number of hydrogen-bond acceptors (Lipinski definition) is 8. The fourth-order valence-corrected chi connectivity index (χ4v) is 9.08. The van der Waals surface area contributed by atoms with Gasteiger partial charge in [-0.25, -0.2) is 4.39 Å². The molecule has 0 saturated carbocycles. The topological polar surface area (TPSA) is 155 Å². The van der Waals surface area contributed by atoms with E-state index in [1.165, 1.54) is 6.07 Å². The molecule has 1 unspecified atom stereocenters. The van der Waals surface area contributed by atoms with Crippen LogP contribution in [0.3, 0.4) is 0 Å². The average Bonchev–Trinajstić information content (AvgIpc) is 3.90. The summed E-state index contributed by atoms with van der Waals surface area (Å²) >= 11 is 0. The maximum absolute atomic E-state index is 15.4. The van der Waals surface area contributed by atoms with Gasteiger partial charge in [-0.2, -0.15) is 5.10 Å². The SMILES string of the molecule is CNC(=O)c1cccc(NC(=O)c2nn(C)c3ccc(-c4ccc(N5CCCC5=O)cc4-c4ccc(OCC5CCN(c6ccc(C7CCC(=O)NC7=O)cc6F)CC5)cc4)cc23)c1. The van der Waals surface area contributed by atoms with Gasteiger partial charge in [-0.05, 0) is 126 Å². The third-order valence-electron chi connectivity index (χ3n) is 12.6. The molecule has 3 aliphatic rings. The van der Waals surface area contributed by atoms with Crippen molar-refractivity contribution in [2.45, 2.75) is 44.4 Å². The summed E-state index contributed by atoms with van der Waals surface area (Å²) in [4.78, 5) is 66.6. The molecule has 3 saturated heterocycles. The van der Waals surface area contributed by atoms with E-state index in [4.69, 9.17) is 4.74 Å². The Bertz CT molecular complexity index is 2810. The summed E-state index contributed by atoms with van der Waals surface area (Å²) in [6.07, 6.45) is 3.59. The standard InChI is InChI=1S/C50H48FN7O6/c1-52-48(61)34-5-3-6-35(25-34)53-50(63)47-41-26-32(10-17-43(41)56(2)55-47)38-15-12-36(58-22-4-7-46(58)60)28-40(38)31-8-13-37(14-9-31)64-29-30-20-23-57(24-21-30)44-18-11-33(27-42(44)51)39-16-19-45(59)54-49(39)62/h3,5-6,8-15,17-18,25-28,30,39H,4,7,16,19-24,29H2,1-2H3,(H,52,61)(H,53,63)(H,54,59,62). The van der Waals surface area contributed by atoms with Crippen LogP contribution in [0, 0.1) is 11.7 Å². The minimum Gasteiger partial charge on any atom is -0.493 e. The molecule has 3 fully saturated rings. The predicted octanol–water partition coefficient (Wildman–Crippen LogP) is 7.60. The summed E-state index contributed by atoms with van der Waals surface area (Å²) in [5.74, 6) is -1.14. The highest BCUT2D eigenvalue weighted by atomic mass is 19.1. The van der Waals surface area contributed by atoms with Crippen LogP contribution in [0.15, 0.2) is 103 Å². The van der Waals surface area contributed by atoms with Crippen molar-refractivity contribution in [2.24, 2.45) is 13.0 Å². The van der Waals surface area contributed by atoms with Crippen molar-refractivity contribution in [3.63, 3.8) is 0 Å². The van der Waals surface area contributed by atoms with E-state index in [1.54, 1.807) is 55.2 Å². The van der Waals surface area contributed by atoms with Crippen LogP contribution >= 0.6 is 0 Å². The van der Waals surface area contributed by atoms with E-state index in [-0.39, 0.29) is 47.5 Å². The zero-order valence-corrected chi connectivity index (χ0v) is 35.7. The van der Waals surface area contributed by atoms with Crippen molar-refractivity contribution >= 4 is 57.5 Å². The average molecular weight is 862 g/mol. The molecule has 4 heterocycles. The number of benzene rings is 5. The Morgan fingerprint density at radius 2 is 1.62 bits per heavy atom. The first-order valence-corrected chi connectivity index (χ1v) is 21.7.